The number of ether oxygens (including phenoxy) is 4. The third-order valence-electron chi connectivity index (χ3n) is 15.6. The van der Waals surface area contributed by atoms with Gasteiger partial charge in [-0.2, -0.15) is 0 Å². The van der Waals surface area contributed by atoms with Gasteiger partial charge in [0.2, 0.25) is 0 Å². The molecule has 0 radical (unpaired) electrons. The zero-order valence-corrected chi connectivity index (χ0v) is 43.5. The third kappa shape index (κ3) is 6.81. The number of fused-ring (bicyclic) bond motifs is 10. The number of anilines is 6. The number of nitrogens with zero attached hydrogens (tertiary/aromatic N) is 2. The van der Waals surface area contributed by atoms with Crippen LogP contribution in [0.1, 0.15) is 151 Å². The van der Waals surface area contributed by atoms with Crippen LogP contribution in [0.15, 0.2) is 146 Å². The van der Waals surface area contributed by atoms with E-state index in [9.17, 15) is 0 Å². The van der Waals surface area contributed by atoms with E-state index >= 15 is 0 Å². The van der Waals surface area contributed by atoms with E-state index in [2.05, 4.69) is 238 Å². The molecule has 0 spiro atoms. The fourth-order valence-electron chi connectivity index (χ4n) is 11.6. The van der Waals surface area contributed by atoms with Crippen LogP contribution in [0.3, 0.4) is 0 Å². The SMILES string of the molecule is CC(C)(C)c1ccc2c(c1)C1c3cc(C(C)(C)C)ccc3Oc3cc(N4c5ccccc5N(c5cc6c7c(c5)Oc5ccc(C(C)(C)C)cc5C7c5cc(C(C)(C)C)ccc5O6)c5ccccc54)cc(c31)O2. The molecule has 0 bridgehead atoms. The van der Waals surface area contributed by atoms with Crippen molar-refractivity contribution in [2.75, 3.05) is 9.80 Å². The van der Waals surface area contributed by atoms with E-state index in [-0.39, 0.29) is 33.5 Å². The molecule has 0 amide bonds. The summed E-state index contributed by atoms with van der Waals surface area (Å²) in [6.45, 7) is 27.3. The molecule has 0 aromatic heterocycles. The lowest BCUT2D eigenvalue weighted by atomic mass is 9.75. The summed E-state index contributed by atoms with van der Waals surface area (Å²) in [7, 11) is 0. The van der Waals surface area contributed by atoms with Crippen LogP contribution >= 0.6 is 0 Å². The maximum atomic E-state index is 7.05. The molecular formula is C66H62N2O4. The van der Waals surface area contributed by atoms with Crippen LogP contribution in [-0.4, -0.2) is 0 Å². The third-order valence-corrected chi connectivity index (χ3v) is 15.6. The second-order valence-corrected chi connectivity index (χ2v) is 24.6. The molecule has 0 atom stereocenters. The summed E-state index contributed by atoms with van der Waals surface area (Å²) in [4.78, 5) is 4.71. The van der Waals surface area contributed by atoms with Gasteiger partial charge in [0.25, 0.3) is 0 Å². The predicted octanol–water partition coefficient (Wildman–Crippen LogP) is 18.9. The predicted molar refractivity (Wildman–Crippen MR) is 292 cm³/mol. The number of para-hydroxylation sites is 4. The Balaban J connectivity index is 0.961. The van der Waals surface area contributed by atoms with Crippen LogP contribution in [0.25, 0.3) is 0 Å². The van der Waals surface area contributed by atoms with Crippen molar-refractivity contribution in [2.45, 2.75) is 117 Å². The highest BCUT2D eigenvalue weighted by Gasteiger charge is 2.43. The largest absolute Gasteiger partial charge is 0.457 e. The van der Waals surface area contributed by atoms with Crippen LogP contribution in [0.2, 0.25) is 0 Å². The molecule has 0 aliphatic carbocycles. The molecule has 8 aromatic rings. The quantitative estimate of drug-likeness (QED) is 0.172. The molecule has 5 aliphatic heterocycles. The zero-order valence-electron chi connectivity index (χ0n) is 43.5. The van der Waals surface area contributed by atoms with Crippen molar-refractivity contribution in [1.29, 1.82) is 0 Å². The van der Waals surface area contributed by atoms with Crippen molar-refractivity contribution in [1.82, 2.24) is 0 Å². The fraction of sp³-hybridized carbons (Fsp3) is 0.273. The molecule has 0 saturated heterocycles. The van der Waals surface area contributed by atoms with Crippen molar-refractivity contribution < 1.29 is 18.9 Å². The smallest absolute Gasteiger partial charge is 0.137 e. The molecule has 6 heteroatoms. The Morgan fingerprint density at radius 2 is 0.528 bits per heavy atom. The minimum Gasteiger partial charge on any atom is -0.457 e. The van der Waals surface area contributed by atoms with Gasteiger partial charge in [-0.1, -0.05) is 156 Å². The number of benzene rings is 8. The molecule has 360 valence electrons. The summed E-state index contributed by atoms with van der Waals surface area (Å²) in [5.74, 6) is 6.58. The highest BCUT2D eigenvalue weighted by molar-refractivity contribution is 6.02. The molecule has 5 aliphatic rings. The van der Waals surface area contributed by atoms with Crippen LogP contribution < -0.4 is 28.7 Å². The molecule has 0 unspecified atom stereocenters. The molecule has 6 nitrogen and oxygen atoms in total. The molecule has 8 aromatic carbocycles. The second kappa shape index (κ2) is 15.1. The van der Waals surface area contributed by atoms with Gasteiger partial charge in [0.05, 0.1) is 34.1 Å². The van der Waals surface area contributed by atoms with Crippen LogP contribution in [0, 0.1) is 0 Å². The van der Waals surface area contributed by atoms with Gasteiger partial charge in [0.1, 0.15) is 46.0 Å². The molecule has 5 heterocycles. The average molecular weight is 947 g/mol. The first kappa shape index (κ1) is 44.5. The number of hydrogen-bond donors (Lipinski definition) is 0. The Morgan fingerprint density at radius 1 is 0.292 bits per heavy atom. The van der Waals surface area contributed by atoms with E-state index < -0.39 is 0 Å². The normalized spacial score (nSPS) is 15.2. The molecular weight excluding hydrogens is 885 g/mol. The Bertz CT molecular complexity index is 3150. The van der Waals surface area contributed by atoms with E-state index in [1.807, 2.05) is 0 Å². The van der Waals surface area contributed by atoms with Gasteiger partial charge in [-0.15, -0.1) is 0 Å². The highest BCUT2D eigenvalue weighted by Crippen LogP contribution is 2.63. The summed E-state index contributed by atoms with van der Waals surface area (Å²) in [6.07, 6.45) is 0. The van der Waals surface area contributed by atoms with Gasteiger partial charge in [0, 0.05) is 69.5 Å². The summed E-state index contributed by atoms with van der Waals surface area (Å²) in [6, 6.07) is 53.2. The summed E-state index contributed by atoms with van der Waals surface area (Å²) in [5.41, 5.74) is 17.7. The monoisotopic (exact) mass is 946 g/mol. The average Bonchev–Trinajstić information content (AvgIpc) is 3.33. The number of hydrogen-bond acceptors (Lipinski definition) is 6. The van der Waals surface area contributed by atoms with Crippen molar-refractivity contribution >= 4 is 34.1 Å². The molecule has 72 heavy (non-hydrogen) atoms. The Kier molecular flexibility index (Phi) is 9.30. The van der Waals surface area contributed by atoms with Crippen molar-refractivity contribution in [3.8, 4) is 46.0 Å². The zero-order chi connectivity index (χ0) is 50.0. The van der Waals surface area contributed by atoms with E-state index in [1.165, 1.54) is 44.5 Å². The standard InChI is InChI=1S/C66H62N2O4/c1-63(2,3)37-21-25-51-43(29-37)59-44-30-38(64(4,5)6)22-26-52(44)70-56-34-41(33-55(69-51)61(56)59)67-47-17-13-15-19-49(47)68(50-20-16-14-18-48(50)67)42-35-57-62-58(36-42)72-54-28-24-40(66(10,11)12)32-46(54)60(62)45-31-39(65(7,8)9)23-27-53(45)71-57/h13-36,59-60H,1-12H3. The Morgan fingerprint density at radius 3 is 0.750 bits per heavy atom. The number of rotatable bonds is 2. The van der Waals surface area contributed by atoms with Gasteiger partial charge in [0.15, 0.2) is 0 Å². The van der Waals surface area contributed by atoms with E-state index in [0.29, 0.717) is 0 Å². The van der Waals surface area contributed by atoms with Crippen LogP contribution in [0.5, 0.6) is 46.0 Å². The Labute approximate surface area is 424 Å². The fourth-order valence-corrected chi connectivity index (χ4v) is 11.6. The summed E-state index contributed by atoms with van der Waals surface area (Å²) in [5, 5.41) is 0. The van der Waals surface area contributed by atoms with Gasteiger partial charge in [-0.25, -0.2) is 0 Å². The van der Waals surface area contributed by atoms with Crippen molar-refractivity contribution in [3.05, 3.63) is 201 Å². The van der Waals surface area contributed by atoms with Crippen LogP contribution in [-0.2, 0) is 21.7 Å². The summed E-state index contributed by atoms with van der Waals surface area (Å²) < 4.78 is 28.2. The summed E-state index contributed by atoms with van der Waals surface area (Å²) >= 11 is 0. The molecule has 0 saturated carbocycles. The lowest BCUT2D eigenvalue weighted by Crippen LogP contribution is -2.25. The lowest BCUT2D eigenvalue weighted by Gasteiger charge is -2.42. The van der Waals surface area contributed by atoms with Crippen LogP contribution in [0.4, 0.5) is 34.1 Å². The first-order chi connectivity index (χ1) is 34.2. The van der Waals surface area contributed by atoms with Crippen molar-refractivity contribution in [2.24, 2.45) is 0 Å². The minimum absolute atomic E-state index is 0.0331. The lowest BCUT2D eigenvalue weighted by molar-refractivity contribution is 0.408. The van der Waals surface area contributed by atoms with E-state index in [0.717, 1.165) is 91.2 Å². The second-order valence-electron chi connectivity index (χ2n) is 24.6. The van der Waals surface area contributed by atoms with Gasteiger partial charge < -0.3 is 28.7 Å². The highest BCUT2D eigenvalue weighted by atomic mass is 16.5. The van der Waals surface area contributed by atoms with Gasteiger partial charge >= 0.3 is 0 Å². The van der Waals surface area contributed by atoms with E-state index in [1.54, 1.807) is 0 Å². The molecule has 13 rings (SSSR count). The topological polar surface area (TPSA) is 43.4 Å². The maximum absolute atomic E-state index is 7.05. The first-order valence-electron chi connectivity index (χ1n) is 25.6. The maximum Gasteiger partial charge on any atom is 0.137 e. The molecule has 0 fully saturated rings. The minimum atomic E-state index is -0.0633. The Hall–Kier alpha value is -7.44. The first-order valence-corrected chi connectivity index (χ1v) is 25.6. The van der Waals surface area contributed by atoms with E-state index in [4.69, 9.17) is 18.9 Å². The van der Waals surface area contributed by atoms with Gasteiger partial charge in [-0.05, 0) is 92.4 Å². The van der Waals surface area contributed by atoms with Gasteiger partial charge in [-0.3, -0.25) is 0 Å². The molecule has 0 N–H and O–H groups in total. The van der Waals surface area contributed by atoms with Crippen molar-refractivity contribution in [3.63, 3.8) is 0 Å².